The highest BCUT2D eigenvalue weighted by molar-refractivity contribution is 6.67. The van der Waals surface area contributed by atoms with Crippen molar-refractivity contribution < 1.29 is 4.79 Å². The summed E-state index contributed by atoms with van der Waals surface area (Å²) < 4.78 is 1.32. The predicted molar refractivity (Wildman–Crippen MR) is 79.0 cm³/mol. The van der Waals surface area contributed by atoms with Gasteiger partial charge in [0.05, 0.1) is 5.69 Å². The van der Waals surface area contributed by atoms with E-state index in [0.29, 0.717) is 12.2 Å². The summed E-state index contributed by atoms with van der Waals surface area (Å²) in [6.07, 6.45) is 1.76. The number of carbonyl (C=O) groups excluding carboxylic acids is 1. The third-order valence-electron chi connectivity index (χ3n) is 2.98. The van der Waals surface area contributed by atoms with Crippen LogP contribution in [-0.2, 0) is 6.54 Å². The van der Waals surface area contributed by atoms with E-state index in [1.165, 1.54) is 10.7 Å². The fourth-order valence-electron chi connectivity index (χ4n) is 1.89. The van der Waals surface area contributed by atoms with E-state index in [4.69, 9.17) is 11.6 Å². The zero-order valence-corrected chi connectivity index (χ0v) is 11.9. The van der Waals surface area contributed by atoms with Gasteiger partial charge in [0.15, 0.2) is 0 Å². The minimum atomic E-state index is -0.750. The molecule has 0 N–H and O–H groups in total. The molecule has 0 atom stereocenters. The van der Waals surface area contributed by atoms with Gasteiger partial charge in [-0.05, 0) is 24.1 Å². The van der Waals surface area contributed by atoms with Crippen molar-refractivity contribution in [3.05, 3.63) is 52.3 Å². The first-order valence-electron chi connectivity index (χ1n) is 6.51. The number of rotatable bonds is 5. The van der Waals surface area contributed by atoms with Crippen LogP contribution in [0.2, 0.25) is 0 Å². The Bertz CT molecular complexity index is 665. The smallest absolute Gasteiger partial charge is 0.275 e. The van der Waals surface area contributed by atoms with Gasteiger partial charge >= 0.3 is 0 Å². The number of aromatic nitrogens is 2. The van der Waals surface area contributed by atoms with Gasteiger partial charge in [-0.3, -0.25) is 9.59 Å². The molecular formula is C15H15ClN2O2. The first-order valence-corrected chi connectivity index (χ1v) is 6.88. The van der Waals surface area contributed by atoms with Crippen LogP contribution < -0.4 is 5.56 Å². The van der Waals surface area contributed by atoms with Crippen LogP contribution in [0.25, 0.3) is 11.3 Å². The van der Waals surface area contributed by atoms with E-state index >= 15 is 0 Å². The topological polar surface area (TPSA) is 52.0 Å². The Morgan fingerprint density at radius 1 is 1.30 bits per heavy atom. The number of benzene rings is 1. The number of unbranched alkanes of at least 4 members (excludes halogenated alkanes) is 1. The molecule has 0 fully saturated rings. The molecule has 0 aliphatic heterocycles. The standard InChI is InChI=1S/C15H15ClN2O2/c1-2-3-9-18-15(20)12(14(16)19)10-13(17-18)11-7-5-4-6-8-11/h4-8,10H,2-3,9H2,1H3. The van der Waals surface area contributed by atoms with Gasteiger partial charge in [0, 0.05) is 12.1 Å². The molecule has 20 heavy (non-hydrogen) atoms. The molecule has 1 heterocycles. The van der Waals surface area contributed by atoms with Gasteiger partial charge in [0.25, 0.3) is 10.8 Å². The second kappa shape index (κ2) is 6.48. The lowest BCUT2D eigenvalue weighted by Crippen LogP contribution is -2.28. The molecule has 104 valence electrons. The molecular weight excluding hydrogens is 276 g/mol. The fraction of sp³-hybridized carbons (Fsp3) is 0.267. The number of halogens is 1. The Labute approximate surface area is 122 Å². The van der Waals surface area contributed by atoms with Crippen LogP contribution in [0.5, 0.6) is 0 Å². The Balaban J connectivity index is 2.56. The van der Waals surface area contributed by atoms with Gasteiger partial charge in [-0.25, -0.2) is 4.68 Å². The fourth-order valence-corrected chi connectivity index (χ4v) is 2.03. The molecule has 4 nitrogen and oxygen atoms in total. The molecule has 2 aromatic rings. The molecule has 0 spiro atoms. The van der Waals surface area contributed by atoms with Crippen molar-refractivity contribution in [1.29, 1.82) is 0 Å². The van der Waals surface area contributed by atoms with Crippen LogP contribution in [0.15, 0.2) is 41.2 Å². The summed E-state index contributed by atoms with van der Waals surface area (Å²) >= 11 is 5.49. The number of hydrogen-bond donors (Lipinski definition) is 0. The minimum absolute atomic E-state index is 0.0309. The van der Waals surface area contributed by atoms with Crippen molar-refractivity contribution in [1.82, 2.24) is 9.78 Å². The van der Waals surface area contributed by atoms with Crippen LogP contribution >= 0.6 is 11.6 Å². The summed E-state index contributed by atoms with van der Waals surface area (Å²) in [5, 5.41) is 3.57. The third-order valence-corrected chi connectivity index (χ3v) is 3.18. The van der Waals surface area contributed by atoms with E-state index < -0.39 is 10.8 Å². The number of aryl methyl sites for hydroxylation is 1. The molecule has 5 heteroatoms. The lowest BCUT2D eigenvalue weighted by Gasteiger charge is -2.08. The summed E-state index contributed by atoms with van der Waals surface area (Å²) in [6, 6.07) is 10.8. The summed E-state index contributed by atoms with van der Waals surface area (Å²) in [4.78, 5) is 23.5. The van der Waals surface area contributed by atoms with Crippen molar-refractivity contribution in [2.75, 3.05) is 0 Å². The van der Waals surface area contributed by atoms with Gasteiger partial charge in [-0.1, -0.05) is 43.7 Å². The second-order valence-corrected chi connectivity index (χ2v) is 4.81. The maximum atomic E-state index is 12.1. The lowest BCUT2D eigenvalue weighted by molar-refractivity contribution is 0.107. The van der Waals surface area contributed by atoms with Crippen LogP contribution in [0.1, 0.15) is 30.1 Å². The molecule has 0 amide bonds. The van der Waals surface area contributed by atoms with E-state index in [2.05, 4.69) is 5.10 Å². The van der Waals surface area contributed by atoms with Crippen LogP contribution in [0, 0.1) is 0 Å². The summed E-state index contributed by atoms with van der Waals surface area (Å²) in [5.41, 5.74) is 0.956. The van der Waals surface area contributed by atoms with Crippen molar-refractivity contribution in [2.45, 2.75) is 26.3 Å². The second-order valence-electron chi connectivity index (χ2n) is 4.46. The molecule has 0 aliphatic rings. The normalized spacial score (nSPS) is 10.5. The molecule has 0 radical (unpaired) electrons. The monoisotopic (exact) mass is 290 g/mol. The molecule has 1 aromatic carbocycles. The predicted octanol–water partition coefficient (Wildman–Crippen LogP) is 3.09. The zero-order valence-electron chi connectivity index (χ0n) is 11.2. The summed E-state index contributed by atoms with van der Waals surface area (Å²) in [5.74, 6) is 0. The van der Waals surface area contributed by atoms with E-state index in [1.54, 1.807) is 0 Å². The number of carbonyl (C=O) groups is 1. The van der Waals surface area contributed by atoms with Crippen molar-refractivity contribution in [3.63, 3.8) is 0 Å². The molecule has 0 aliphatic carbocycles. The largest absolute Gasteiger partial charge is 0.278 e. The van der Waals surface area contributed by atoms with Gasteiger partial charge in [-0.2, -0.15) is 5.10 Å². The average Bonchev–Trinajstić information content (AvgIpc) is 2.46. The third kappa shape index (κ3) is 3.14. The van der Waals surface area contributed by atoms with Crippen LogP contribution in [0.4, 0.5) is 0 Å². The highest BCUT2D eigenvalue weighted by Gasteiger charge is 2.14. The Morgan fingerprint density at radius 2 is 2.00 bits per heavy atom. The van der Waals surface area contributed by atoms with E-state index in [9.17, 15) is 9.59 Å². The molecule has 0 saturated heterocycles. The summed E-state index contributed by atoms with van der Waals surface area (Å²) in [7, 11) is 0. The Morgan fingerprint density at radius 3 is 2.60 bits per heavy atom. The Hall–Kier alpha value is -1.94. The lowest BCUT2D eigenvalue weighted by atomic mass is 10.1. The zero-order chi connectivity index (χ0) is 14.5. The molecule has 1 aromatic heterocycles. The molecule has 2 rings (SSSR count). The van der Waals surface area contributed by atoms with Gasteiger partial charge in [-0.15, -0.1) is 0 Å². The average molecular weight is 291 g/mol. The Kier molecular flexibility index (Phi) is 4.69. The first-order chi connectivity index (χ1) is 9.63. The summed E-state index contributed by atoms with van der Waals surface area (Å²) in [6.45, 7) is 2.51. The van der Waals surface area contributed by atoms with E-state index in [1.807, 2.05) is 37.3 Å². The minimum Gasteiger partial charge on any atom is -0.275 e. The maximum Gasteiger partial charge on any atom is 0.278 e. The quantitative estimate of drug-likeness (QED) is 0.795. The van der Waals surface area contributed by atoms with Gasteiger partial charge in [0.2, 0.25) is 0 Å². The number of nitrogens with zero attached hydrogens (tertiary/aromatic N) is 2. The van der Waals surface area contributed by atoms with Crippen LogP contribution in [-0.4, -0.2) is 15.0 Å². The van der Waals surface area contributed by atoms with E-state index in [0.717, 1.165) is 18.4 Å². The van der Waals surface area contributed by atoms with Crippen molar-refractivity contribution in [3.8, 4) is 11.3 Å². The van der Waals surface area contributed by atoms with Crippen LogP contribution in [0.3, 0.4) is 0 Å². The van der Waals surface area contributed by atoms with E-state index in [-0.39, 0.29) is 5.56 Å². The maximum absolute atomic E-state index is 12.1. The molecule has 0 saturated carbocycles. The first kappa shape index (κ1) is 14.5. The highest BCUT2D eigenvalue weighted by Crippen LogP contribution is 2.16. The SMILES string of the molecule is CCCCn1nc(-c2ccccc2)cc(C(=O)Cl)c1=O. The van der Waals surface area contributed by atoms with Gasteiger partial charge < -0.3 is 0 Å². The highest BCUT2D eigenvalue weighted by atomic mass is 35.5. The van der Waals surface area contributed by atoms with Crippen molar-refractivity contribution in [2.24, 2.45) is 0 Å². The van der Waals surface area contributed by atoms with Crippen molar-refractivity contribution >= 4 is 16.8 Å². The number of hydrogen-bond acceptors (Lipinski definition) is 3. The molecule has 0 unspecified atom stereocenters. The molecule has 0 bridgehead atoms. The van der Waals surface area contributed by atoms with Gasteiger partial charge in [0.1, 0.15) is 5.56 Å².